The van der Waals surface area contributed by atoms with Crippen LogP contribution in [0.15, 0.2) is 59.5 Å². The summed E-state index contributed by atoms with van der Waals surface area (Å²) in [5.41, 5.74) is 2.99. The van der Waals surface area contributed by atoms with Crippen molar-refractivity contribution in [3.8, 4) is 0 Å². The van der Waals surface area contributed by atoms with Crippen molar-refractivity contribution in [2.24, 2.45) is 0 Å². The van der Waals surface area contributed by atoms with Crippen LogP contribution in [0.25, 0.3) is 0 Å². The average Bonchev–Trinajstić information content (AvgIpc) is 2.68. The number of likely N-dealkylation sites (tertiary alicyclic amines) is 1. The topological polar surface area (TPSA) is 6.48 Å². The fourth-order valence-electron chi connectivity index (χ4n) is 4.33. The third-order valence-electron chi connectivity index (χ3n) is 5.80. The Balaban J connectivity index is 1.36. The summed E-state index contributed by atoms with van der Waals surface area (Å²) < 4.78 is 0. The molecule has 2 heterocycles. The van der Waals surface area contributed by atoms with E-state index < -0.39 is 0 Å². The molecule has 0 spiro atoms. The van der Waals surface area contributed by atoms with E-state index in [1.807, 2.05) is 11.8 Å². The van der Waals surface area contributed by atoms with E-state index in [9.17, 15) is 0 Å². The number of thioether (sulfide) groups is 1. The smallest absolute Gasteiger partial charge is 0.0367 e. The molecular weight excluding hydrogens is 324 g/mol. The van der Waals surface area contributed by atoms with Gasteiger partial charge in [-0.05, 0) is 62.3 Å². The highest BCUT2D eigenvalue weighted by Gasteiger charge is 2.30. The van der Waals surface area contributed by atoms with Gasteiger partial charge < -0.3 is 0 Å². The summed E-state index contributed by atoms with van der Waals surface area (Å²) in [4.78, 5) is 6.79. The van der Waals surface area contributed by atoms with E-state index in [0.29, 0.717) is 12.1 Å². The quantitative estimate of drug-likeness (QED) is 0.779. The van der Waals surface area contributed by atoms with Crippen molar-refractivity contribution in [3.05, 3.63) is 65.7 Å². The molecule has 0 bridgehead atoms. The van der Waals surface area contributed by atoms with Gasteiger partial charge in [0.1, 0.15) is 0 Å². The van der Waals surface area contributed by atoms with Gasteiger partial charge in [-0.15, -0.1) is 11.8 Å². The highest BCUT2D eigenvalue weighted by atomic mass is 32.2. The molecule has 1 fully saturated rings. The number of rotatable bonds is 4. The molecule has 0 unspecified atom stereocenters. The molecule has 2 aliphatic heterocycles. The van der Waals surface area contributed by atoms with Gasteiger partial charge in [0, 0.05) is 23.5 Å². The summed E-state index contributed by atoms with van der Waals surface area (Å²) in [6.07, 6.45) is 3.85. The van der Waals surface area contributed by atoms with Crippen LogP contribution in [0.2, 0.25) is 0 Å². The molecule has 0 aliphatic carbocycles. The minimum atomic E-state index is 0.600. The van der Waals surface area contributed by atoms with Crippen molar-refractivity contribution in [2.75, 3.05) is 25.9 Å². The molecule has 4 rings (SSSR count). The Bertz CT molecular complexity index is 679. The van der Waals surface area contributed by atoms with Crippen LogP contribution in [0, 0.1) is 0 Å². The molecular formula is C22H28N2S. The van der Waals surface area contributed by atoms with Gasteiger partial charge in [-0.2, -0.15) is 0 Å². The Kier molecular flexibility index (Phi) is 5.45. The predicted octanol–water partition coefficient (Wildman–Crippen LogP) is 4.82. The zero-order chi connectivity index (χ0) is 17.1. The first-order chi connectivity index (χ1) is 12.3. The molecule has 2 aromatic carbocycles. The third kappa shape index (κ3) is 3.94. The number of piperidine rings is 1. The monoisotopic (exact) mass is 352 g/mol. The minimum absolute atomic E-state index is 0.600. The Morgan fingerprint density at radius 3 is 2.48 bits per heavy atom. The second-order valence-corrected chi connectivity index (χ2v) is 8.49. The first kappa shape index (κ1) is 17.1. The maximum Gasteiger partial charge on any atom is 0.0367 e. The first-order valence-corrected chi connectivity index (χ1v) is 10.5. The van der Waals surface area contributed by atoms with E-state index in [4.69, 9.17) is 0 Å². The lowest BCUT2D eigenvalue weighted by molar-refractivity contribution is 0.0898. The number of benzene rings is 2. The normalized spacial score (nSPS) is 22.1. The second kappa shape index (κ2) is 7.94. The maximum atomic E-state index is 2.68. The summed E-state index contributed by atoms with van der Waals surface area (Å²) in [6.45, 7) is 3.53. The van der Waals surface area contributed by atoms with Gasteiger partial charge in [-0.25, -0.2) is 0 Å². The van der Waals surface area contributed by atoms with Crippen molar-refractivity contribution in [3.63, 3.8) is 0 Å². The SMILES string of the molecule is CN(C1CCN(Cc2ccccc2)CC1)[C@H]1CCSc2ccccc21. The average molecular weight is 353 g/mol. The van der Waals surface area contributed by atoms with Gasteiger partial charge in [0.05, 0.1) is 0 Å². The van der Waals surface area contributed by atoms with Crippen LogP contribution in [0.5, 0.6) is 0 Å². The predicted molar refractivity (Wildman–Crippen MR) is 107 cm³/mol. The van der Waals surface area contributed by atoms with Crippen LogP contribution in [0.4, 0.5) is 0 Å². The zero-order valence-corrected chi connectivity index (χ0v) is 15.9. The molecule has 1 saturated heterocycles. The Labute approximate surface area is 156 Å². The lowest BCUT2D eigenvalue weighted by Gasteiger charge is -2.42. The molecule has 3 heteroatoms. The number of nitrogens with zero attached hydrogens (tertiary/aromatic N) is 2. The van der Waals surface area contributed by atoms with Crippen LogP contribution in [-0.2, 0) is 6.54 Å². The van der Waals surface area contributed by atoms with Crippen LogP contribution in [-0.4, -0.2) is 41.7 Å². The van der Waals surface area contributed by atoms with Crippen molar-refractivity contribution < 1.29 is 0 Å². The van der Waals surface area contributed by atoms with E-state index >= 15 is 0 Å². The Morgan fingerprint density at radius 2 is 1.68 bits per heavy atom. The van der Waals surface area contributed by atoms with Crippen molar-refractivity contribution in [2.45, 2.75) is 42.8 Å². The second-order valence-electron chi connectivity index (χ2n) is 7.35. The molecule has 132 valence electrons. The minimum Gasteiger partial charge on any atom is -0.299 e. The molecule has 25 heavy (non-hydrogen) atoms. The first-order valence-electron chi connectivity index (χ1n) is 9.51. The maximum absolute atomic E-state index is 2.68. The number of hydrogen-bond donors (Lipinski definition) is 0. The van der Waals surface area contributed by atoms with Crippen LogP contribution < -0.4 is 0 Å². The van der Waals surface area contributed by atoms with Gasteiger partial charge in [0.2, 0.25) is 0 Å². The highest BCUT2D eigenvalue weighted by Crippen LogP contribution is 2.40. The lowest BCUT2D eigenvalue weighted by atomic mass is 9.96. The van der Waals surface area contributed by atoms with Gasteiger partial charge in [0.15, 0.2) is 0 Å². The largest absolute Gasteiger partial charge is 0.299 e. The fraction of sp³-hybridized carbons (Fsp3) is 0.455. The van der Waals surface area contributed by atoms with E-state index in [1.165, 1.54) is 48.6 Å². The lowest BCUT2D eigenvalue weighted by Crippen LogP contribution is -2.44. The highest BCUT2D eigenvalue weighted by molar-refractivity contribution is 7.99. The van der Waals surface area contributed by atoms with Crippen molar-refractivity contribution in [1.29, 1.82) is 0 Å². The van der Waals surface area contributed by atoms with Gasteiger partial charge in [-0.1, -0.05) is 48.5 Å². The van der Waals surface area contributed by atoms with Gasteiger partial charge in [0.25, 0.3) is 0 Å². The summed E-state index contributed by atoms with van der Waals surface area (Å²) in [7, 11) is 2.36. The molecule has 0 saturated carbocycles. The molecule has 2 aromatic rings. The number of hydrogen-bond acceptors (Lipinski definition) is 3. The number of fused-ring (bicyclic) bond motifs is 1. The molecule has 2 nitrogen and oxygen atoms in total. The van der Waals surface area contributed by atoms with E-state index in [2.05, 4.69) is 71.4 Å². The fourth-order valence-corrected chi connectivity index (χ4v) is 5.43. The summed E-state index contributed by atoms with van der Waals surface area (Å²) in [5.74, 6) is 1.25. The van der Waals surface area contributed by atoms with Crippen LogP contribution in [0.3, 0.4) is 0 Å². The van der Waals surface area contributed by atoms with Gasteiger partial charge >= 0.3 is 0 Å². The van der Waals surface area contributed by atoms with Gasteiger partial charge in [-0.3, -0.25) is 9.80 Å². The molecule has 2 aliphatic rings. The van der Waals surface area contributed by atoms with Crippen molar-refractivity contribution >= 4 is 11.8 Å². The summed E-state index contributed by atoms with van der Waals surface area (Å²) in [6, 6.07) is 21.2. The van der Waals surface area contributed by atoms with Crippen LogP contribution >= 0.6 is 11.8 Å². The molecule has 0 radical (unpaired) electrons. The molecule has 1 atom stereocenters. The summed E-state index contributed by atoms with van der Waals surface area (Å²) in [5, 5.41) is 0. The molecule has 0 N–H and O–H groups in total. The molecule has 0 aromatic heterocycles. The van der Waals surface area contributed by atoms with Crippen LogP contribution in [0.1, 0.15) is 36.4 Å². The molecule has 0 amide bonds. The Hall–Kier alpha value is -1.29. The van der Waals surface area contributed by atoms with E-state index in [0.717, 1.165) is 6.54 Å². The third-order valence-corrected chi connectivity index (χ3v) is 6.92. The Morgan fingerprint density at radius 1 is 0.960 bits per heavy atom. The van der Waals surface area contributed by atoms with E-state index in [1.54, 1.807) is 5.56 Å². The van der Waals surface area contributed by atoms with Crippen molar-refractivity contribution in [1.82, 2.24) is 9.80 Å². The summed E-state index contributed by atoms with van der Waals surface area (Å²) >= 11 is 2.02. The van der Waals surface area contributed by atoms with E-state index in [-0.39, 0.29) is 0 Å². The standard InChI is InChI=1S/C22H28N2S/c1-23(21-13-16-25-22-10-6-5-9-20(21)22)19-11-14-24(15-12-19)17-18-7-3-2-4-8-18/h2-10,19,21H,11-17H2,1H3/t21-/m0/s1. The zero-order valence-electron chi connectivity index (χ0n) is 15.1.